The number of carbonyl (C=O) groups is 1. The molecule has 1 aliphatic heterocycles. The minimum absolute atomic E-state index is 0.0108. The summed E-state index contributed by atoms with van der Waals surface area (Å²) >= 11 is 0. The molecule has 126 valence electrons. The van der Waals surface area contributed by atoms with Crippen LogP contribution in [0, 0.1) is 11.8 Å². The predicted molar refractivity (Wildman–Crippen MR) is 90.0 cm³/mol. The average Bonchev–Trinajstić information content (AvgIpc) is 3.39. The quantitative estimate of drug-likeness (QED) is 0.746. The van der Waals surface area contributed by atoms with Crippen molar-refractivity contribution in [3.63, 3.8) is 0 Å². The van der Waals surface area contributed by atoms with Gasteiger partial charge in [0.05, 0.1) is 0 Å². The molecule has 2 aliphatic rings. The number of likely N-dealkylation sites (tertiary alicyclic amines) is 1. The Kier molecular flexibility index (Phi) is 5.51. The number of carbonyl (C=O) groups excluding carboxylic acids is 1. The third kappa shape index (κ3) is 4.94. The molecule has 1 aromatic rings. The third-order valence-corrected chi connectivity index (χ3v) is 4.89. The molecule has 2 amide bonds. The van der Waals surface area contributed by atoms with Gasteiger partial charge >= 0.3 is 6.03 Å². The van der Waals surface area contributed by atoms with E-state index in [4.69, 9.17) is 0 Å². The lowest BCUT2D eigenvalue weighted by Gasteiger charge is -2.38. The molecular formula is C18H27N3O2. The van der Waals surface area contributed by atoms with Gasteiger partial charge < -0.3 is 15.7 Å². The van der Waals surface area contributed by atoms with E-state index in [9.17, 15) is 9.90 Å². The lowest BCUT2D eigenvalue weighted by atomic mass is 9.92. The second-order valence-corrected chi connectivity index (χ2v) is 6.86. The van der Waals surface area contributed by atoms with Gasteiger partial charge in [-0.2, -0.15) is 0 Å². The number of hydrogen-bond acceptors (Lipinski definition) is 3. The number of hydrogen-bond donors (Lipinski definition) is 3. The van der Waals surface area contributed by atoms with E-state index in [1.165, 1.54) is 18.4 Å². The first-order valence-electron chi connectivity index (χ1n) is 8.66. The molecule has 2 atom stereocenters. The number of benzene rings is 1. The lowest BCUT2D eigenvalue weighted by molar-refractivity contribution is 0.0947. The number of nitrogens with one attached hydrogen (secondary N) is 2. The normalized spacial score (nSPS) is 25.1. The van der Waals surface area contributed by atoms with Gasteiger partial charge in [0.25, 0.3) is 0 Å². The van der Waals surface area contributed by atoms with Gasteiger partial charge in [0, 0.05) is 38.2 Å². The van der Waals surface area contributed by atoms with Crippen molar-refractivity contribution in [2.24, 2.45) is 11.8 Å². The molecule has 3 N–H and O–H groups in total. The standard InChI is InChI=1S/C18H27N3O2/c22-13-16-8-9-21(11-15-4-2-1-3-5-15)12-17(16)20-18(23)19-10-14-6-7-14/h1-5,14,16-17,22H,6-13H2,(H2,19,20,23). The summed E-state index contributed by atoms with van der Waals surface area (Å²) < 4.78 is 0. The Morgan fingerprint density at radius 2 is 2.00 bits per heavy atom. The number of rotatable bonds is 6. The van der Waals surface area contributed by atoms with Crippen LogP contribution in [0.2, 0.25) is 0 Å². The van der Waals surface area contributed by atoms with Gasteiger partial charge in [-0.3, -0.25) is 4.90 Å². The van der Waals surface area contributed by atoms with E-state index in [1.807, 2.05) is 6.07 Å². The number of urea groups is 1. The summed E-state index contributed by atoms with van der Waals surface area (Å²) in [4.78, 5) is 14.4. The second-order valence-electron chi connectivity index (χ2n) is 6.86. The molecule has 2 fully saturated rings. The highest BCUT2D eigenvalue weighted by Crippen LogP contribution is 2.27. The van der Waals surface area contributed by atoms with Crippen molar-refractivity contribution in [2.45, 2.75) is 31.8 Å². The van der Waals surface area contributed by atoms with Crippen LogP contribution in [0.1, 0.15) is 24.8 Å². The Morgan fingerprint density at radius 1 is 1.22 bits per heavy atom. The molecule has 1 heterocycles. The van der Waals surface area contributed by atoms with Crippen LogP contribution in [0.5, 0.6) is 0 Å². The van der Waals surface area contributed by atoms with E-state index < -0.39 is 0 Å². The molecule has 0 spiro atoms. The molecule has 5 heteroatoms. The van der Waals surface area contributed by atoms with Crippen LogP contribution in [0.15, 0.2) is 30.3 Å². The van der Waals surface area contributed by atoms with Crippen LogP contribution in [0.25, 0.3) is 0 Å². The maximum Gasteiger partial charge on any atom is 0.315 e. The van der Waals surface area contributed by atoms with Crippen molar-refractivity contribution in [2.75, 3.05) is 26.2 Å². The summed E-state index contributed by atoms with van der Waals surface area (Å²) in [6, 6.07) is 10.3. The smallest absolute Gasteiger partial charge is 0.315 e. The molecule has 1 aromatic carbocycles. The number of aliphatic hydroxyl groups is 1. The van der Waals surface area contributed by atoms with Crippen LogP contribution < -0.4 is 10.6 Å². The van der Waals surface area contributed by atoms with Gasteiger partial charge in [0.15, 0.2) is 0 Å². The van der Waals surface area contributed by atoms with E-state index in [2.05, 4.69) is 39.8 Å². The van der Waals surface area contributed by atoms with Crippen LogP contribution in [-0.2, 0) is 6.54 Å². The molecule has 23 heavy (non-hydrogen) atoms. The second kappa shape index (κ2) is 7.79. The first-order valence-corrected chi connectivity index (χ1v) is 8.66. The van der Waals surface area contributed by atoms with Gasteiger partial charge in [-0.05, 0) is 37.3 Å². The SMILES string of the molecule is O=C(NCC1CC1)NC1CN(Cc2ccccc2)CCC1CO. The Balaban J connectivity index is 1.51. The average molecular weight is 317 g/mol. The highest BCUT2D eigenvalue weighted by atomic mass is 16.3. The van der Waals surface area contributed by atoms with E-state index in [1.54, 1.807) is 0 Å². The summed E-state index contributed by atoms with van der Waals surface area (Å²) in [5, 5.41) is 15.6. The first kappa shape index (κ1) is 16.3. The van der Waals surface area contributed by atoms with Crippen LogP contribution in [0.4, 0.5) is 4.79 Å². The lowest BCUT2D eigenvalue weighted by Crippen LogP contribution is -2.55. The van der Waals surface area contributed by atoms with Gasteiger partial charge in [0.2, 0.25) is 0 Å². The summed E-state index contributed by atoms with van der Waals surface area (Å²) in [5.41, 5.74) is 1.28. The summed E-state index contributed by atoms with van der Waals surface area (Å²) in [6.07, 6.45) is 3.37. The van der Waals surface area contributed by atoms with E-state index in [0.29, 0.717) is 5.92 Å². The molecule has 5 nitrogen and oxygen atoms in total. The molecule has 0 radical (unpaired) electrons. The summed E-state index contributed by atoms with van der Waals surface area (Å²) in [5.74, 6) is 0.823. The monoisotopic (exact) mass is 317 g/mol. The number of aliphatic hydroxyl groups excluding tert-OH is 1. The fourth-order valence-corrected chi connectivity index (χ4v) is 3.21. The zero-order valence-electron chi connectivity index (χ0n) is 13.6. The minimum atomic E-state index is -0.0955. The van der Waals surface area contributed by atoms with Crippen molar-refractivity contribution < 1.29 is 9.90 Å². The zero-order chi connectivity index (χ0) is 16.1. The molecule has 2 unspecified atom stereocenters. The van der Waals surface area contributed by atoms with Gasteiger partial charge in [-0.15, -0.1) is 0 Å². The van der Waals surface area contributed by atoms with E-state index in [-0.39, 0.29) is 24.6 Å². The maximum absolute atomic E-state index is 12.0. The van der Waals surface area contributed by atoms with Crippen molar-refractivity contribution in [3.05, 3.63) is 35.9 Å². The number of nitrogens with zero attached hydrogens (tertiary/aromatic N) is 1. The molecular weight excluding hydrogens is 290 g/mol. The molecule has 1 aliphatic carbocycles. The zero-order valence-corrected chi connectivity index (χ0v) is 13.6. The molecule has 1 saturated carbocycles. The van der Waals surface area contributed by atoms with E-state index >= 15 is 0 Å². The molecule has 1 saturated heterocycles. The highest BCUT2D eigenvalue weighted by molar-refractivity contribution is 5.74. The Hall–Kier alpha value is -1.59. The summed E-state index contributed by atoms with van der Waals surface area (Å²) in [6.45, 7) is 3.54. The van der Waals surface area contributed by atoms with Gasteiger partial charge in [-0.1, -0.05) is 30.3 Å². The van der Waals surface area contributed by atoms with Gasteiger partial charge in [0.1, 0.15) is 0 Å². The van der Waals surface area contributed by atoms with E-state index in [0.717, 1.165) is 32.6 Å². The molecule has 0 bridgehead atoms. The molecule has 3 rings (SSSR count). The van der Waals surface area contributed by atoms with Crippen molar-refractivity contribution in [1.82, 2.24) is 15.5 Å². The maximum atomic E-state index is 12.0. The van der Waals surface area contributed by atoms with Crippen LogP contribution >= 0.6 is 0 Å². The first-order chi connectivity index (χ1) is 11.2. The Bertz CT molecular complexity index is 504. The fourth-order valence-electron chi connectivity index (χ4n) is 3.21. The Morgan fingerprint density at radius 3 is 2.70 bits per heavy atom. The number of piperidine rings is 1. The number of amides is 2. The largest absolute Gasteiger partial charge is 0.396 e. The highest BCUT2D eigenvalue weighted by Gasteiger charge is 2.30. The Labute approximate surface area is 138 Å². The third-order valence-electron chi connectivity index (χ3n) is 4.89. The van der Waals surface area contributed by atoms with Crippen molar-refractivity contribution >= 4 is 6.03 Å². The van der Waals surface area contributed by atoms with Gasteiger partial charge in [-0.25, -0.2) is 4.79 Å². The summed E-state index contributed by atoms with van der Waals surface area (Å²) in [7, 11) is 0. The van der Waals surface area contributed by atoms with Crippen LogP contribution in [-0.4, -0.2) is 48.3 Å². The predicted octanol–water partition coefficient (Wildman–Crippen LogP) is 1.58. The minimum Gasteiger partial charge on any atom is -0.396 e. The van der Waals surface area contributed by atoms with Crippen molar-refractivity contribution in [3.8, 4) is 0 Å². The van der Waals surface area contributed by atoms with Crippen LogP contribution in [0.3, 0.4) is 0 Å². The molecule has 0 aromatic heterocycles. The fraction of sp³-hybridized carbons (Fsp3) is 0.611. The van der Waals surface area contributed by atoms with Crippen molar-refractivity contribution in [1.29, 1.82) is 0 Å². The topological polar surface area (TPSA) is 64.6 Å².